The van der Waals surface area contributed by atoms with Gasteiger partial charge in [0.05, 0.1) is 11.5 Å². The Labute approximate surface area is 118 Å². The first-order valence-corrected chi connectivity index (χ1v) is 6.28. The summed E-state index contributed by atoms with van der Waals surface area (Å²) in [5.74, 6) is 0.346. The molecule has 0 aliphatic carbocycles. The lowest BCUT2D eigenvalue weighted by Gasteiger charge is -2.09. The number of oxime groups is 1. The fourth-order valence-electron chi connectivity index (χ4n) is 1.51. The van der Waals surface area contributed by atoms with Crippen LogP contribution >= 0.6 is 15.9 Å². The van der Waals surface area contributed by atoms with Crippen LogP contribution in [0.2, 0.25) is 0 Å². The number of halogens is 1. The van der Waals surface area contributed by atoms with Gasteiger partial charge in [-0.3, -0.25) is 10.1 Å². The van der Waals surface area contributed by atoms with E-state index in [1.54, 1.807) is 13.0 Å². The number of hydrogen-bond donors (Lipinski definition) is 2. The standard InChI is InChI=1S/C11H14BrN3O4/c1-7-5-8(12)6-9(15(17)18)11(7)19-4-2-3-10(13)14-16/h5-6,16H,2-4H2,1H3,(H2,13,14). The zero-order valence-corrected chi connectivity index (χ0v) is 11.9. The van der Waals surface area contributed by atoms with Crippen molar-refractivity contribution in [3.63, 3.8) is 0 Å². The Morgan fingerprint density at radius 1 is 1.63 bits per heavy atom. The minimum absolute atomic E-state index is 0.0873. The normalized spacial score (nSPS) is 11.4. The van der Waals surface area contributed by atoms with Crippen molar-refractivity contribution in [2.45, 2.75) is 19.8 Å². The molecule has 0 radical (unpaired) electrons. The monoisotopic (exact) mass is 331 g/mol. The van der Waals surface area contributed by atoms with E-state index in [0.29, 0.717) is 22.9 Å². The summed E-state index contributed by atoms with van der Waals surface area (Å²) < 4.78 is 6.05. The van der Waals surface area contributed by atoms with E-state index in [9.17, 15) is 10.1 Å². The molecule has 1 aromatic carbocycles. The third-order valence-corrected chi connectivity index (χ3v) is 2.83. The molecule has 0 atom stereocenters. The fourth-order valence-corrected chi connectivity index (χ4v) is 2.07. The highest BCUT2D eigenvalue weighted by molar-refractivity contribution is 9.10. The Kier molecular flexibility index (Phi) is 5.56. The van der Waals surface area contributed by atoms with Crippen LogP contribution in [0.15, 0.2) is 21.8 Å². The molecule has 0 fully saturated rings. The van der Waals surface area contributed by atoms with E-state index in [0.717, 1.165) is 0 Å². The molecule has 0 aliphatic heterocycles. The third-order valence-electron chi connectivity index (χ3n) is 2.37. The summed E-state index contributed by atoms with van der Waals surface area (Å²) in [6.07, 6.45) is 0.864. The highest BCUT2D eigenvalue weighted by Gasteiger charge is 2.18. The molecular weight excluding hydrogens is 318 g/mol. The van der Waals surface area contributed by atoms with Crippen LogP contribution in [0.3, 0.4) is 0 Å². The van der Waals surface area contributed by atoms with Crippen molar-refractivity contribution in [2.24, 2.45) is 10.9 Å². The molecule has 8 heteroatoms. The highest BCUT2D eigenvalue weighted by atomic mass is 79.9. The number of ether oxygens (including phenoxy) is 1. The summed E-state index contributed by atoms with van der Waals surface area (Å²) in [6, 6.07) is 3.14. The molecule has 1 rings (SSSR count). The largest absolute Gasteiger partial charge is 0.487 e. The van der Waals surface area contributed by atoms with E-state index < -0.39 is 4.92 Å². The molecule has 7 nitrogen and oxygen atoms in total. The van der Waals surface area contributed by atoms with Gasteiger partial charge in [0, 0.05) is 17.0 Å². The van der Waals surface area contributed by atoms with E-state index in [1.807, 2.05) is 0 Å². The Balaban J connectivity index is 2.75. The van der Waals surface area contributed by atoms with E-state index in [-0.39, 0.29) is 23.9 Å². The average molecular weight is 332 g/mol. The van der Waals surface area contributed by atoms with Gasteiger partial charge in [-0.2, -0.15) is 0 Å². The molecule has 0 amide bonds. The SMILES string of the molecule is Cc1cc(Br)cc([N+](=O)[O-])c1OCCCC(N)=NO. The molecule has 0 aliphatic rings. The lowest BCUT2D eigenvalue weighted by atomic mass is 10.2. The Hall–Kier alpha value is -1.83. The molecule has 0 unspecified atom stereocenters. The van der Waals surface area contributed by atoms with Crippen LogP contribution in [0.1, 0.15) is 18.4 Å². The second-order valence-corrected chi connectivity index (χ2v) is 4.79. The third kappa shape index (κ3) is 4.40. The maximum absolute atomic E-state index is 10.9. The molecule has 0 aromatic heterocycles. The van der Waals surface area contributed by atoms with Crippen LogP contribution in [0.25, 0.3) is 0 Å². The van der Waals surface area contributed by atoms with E-state index in [1.165, 1.54) is 6.07 Å². The Bertz CT molecular complexity index is 505. The highest BCUT2D eigenvalue weighted by Crippen LogP contribution is 2.34. The number of amidine groups is 1. The van der Waals surface area contributed by atoms with Crippen LogP contribution in [0, 0.1) is 17.0 Å². The predicted molar refractivity (Wildman–Crippen MR) is 73.7 cm³/mol. The summed E-state index contributed by atoms with van der Waals surface area (Å²) in [4.78, 5) is 10.5. The first-order valence-electron chi connectivity index (χ1n) is 5.49. The summed E-state index contributed by atoms with van der Waals surface area (Å²) in [6.45, 7) is 1.98. The van der Waals surface area contributed by atoms with Crippen molar-refractivity contribution < 1.29 is 14.9 Å². The molecule has 0 heterocycles. The Morgan fingerprint density at radius 2 is 2.32 bits per heavy atom. The van der Waals surface area contributed by atoms with Gasteiger partial charge < -0.3 is 15.7 Å². The minimum atomic E-state index is -0.489. The number of hydrogen-bond acceptors (Lipinski definition) is 5. The smallest absolute Gasteiger partial charge is 0.312 e. The molecule has 0 spiro atoms. The number of benzene rings is 1. The number of nitro groups is 1. The number of nitro benzene ring substituents is 1. The summed E-state index contributed by atoms with van der Waals surface area (Å²) in [5, 5.41) is 22.1. The van der Waals surface area contributed by atoms with Gasteiger partial charge in [0.25, 0.3) is 0 Å². The first-order chi connectivity index (χ1) is 8.95. The lowest BCUT2D eigenvalue weighted by Crippen LogP contribution is -2.13. The maximum Gasteiger partial charge on any atom is 0.312 e. The average Bonchev–Trinajstić information content (AvgIpc) is 2.35. The van der Waals surface area contributed by atoms with Crippen molar-refractivity contribution >= 4 is 27.5 Å². The number of nitrogens with zero attached hydrogens (tertiary/aromatic N) is 2. The zero-order valence-electron chi connectivity index (χ0n) is 10.3. The molecule has 1 aromatic rings. The van der Waals surface area contributed by atoms with Gasteiger partial charge in [-0.1, -0.05) is 21.1 Å². The van der Waals surface area contributed by atoms with Gasteiger partial charge in [0.15, 0.2) is 5.75 Å². The topological polar surface area (TPSA) is 111 Å². The van der Waals surface area contributed by atoms with Gasteiger partial charge in [-0.25, -0.2) is 0 Å². The van der Waals surface area contributed by atoms with Crippen LogP contribution in [-0.2, 0) is 0 Å². The van der Waals surface area contributed by atoms with E-state index in [4.69, 9.17) is 15.7 Å². The van der Waals surface area contributed by atoms with Gasteiger partial charge >= 0.3 is 5.69 Å². The predicted octanol–water partition coefficient (Wildman–Crippen LogP) is 2.57. The van der Waals surface area contributed by atoms with Crippen molar-refractivity contribution in [1.29, 1.82) is 0 Å². The van der Waals surface area contributed by atoms with Gasteiger partial charge in [-0.15, -0.1) is 0 Å². The van der Waals surface area contributed by atoms with Crippen molar-refractivity contribution in [2.75, 3.05) is 6.61 Å². The van der Waals surface area contributed by atoms with Crippen molar-refractivity contribution in [1.82, 2.24) is 0 Å². The van der Waals surface area contributed by atoms with Crippen LogP contribution in [0.4, 0.5) is 5.69 Å². The molecule has 19 heavy (non-hydrogen) atoms. The van der Waals surface area contributed by atoms with Crippen LogP contribution in [0.5, 0.6) is 5.75 Å². The first kappa shape index (κ1) is 15.2. The second-order valence-electron chi connectivity index (χ2n) is 3.87. The van der Waals surface area contributed by atoms with E-state index in [2.05, 4.69) is 21.1 Å². The van der Waals surface area contributed by atoms with Gasteiger partial charge in [0.1, 0.15) is 5.84 Å². The van der Waals surface area contributed by atoms with Crippen molar-refractivity contribution in [3.05, 3.63) is 32.3 Å². The summed E-state index contributed by atoms with van der Waals surface area (Å²) in [5.41, 5.74) is 5.89. The number of rotatable bonds is 6. The molecular formula is C11H14BrN3O4. The molecule has 0 saturated heterocycles. The molecule has 0 bridgehead atoms. The number of aryl methyl sites for hydroxylation is 1. The lowest BCUT2D eigenvalue weighted by molar-refractivity contribution is -0.386. The molecule has 104 valence electrons. The van der Waals surface area contributed by atoms with Gasteiger partial charge in [0.2, 0.25) is 0 Å². The molecule has 0 saturated carbocycles. The zero-order chi connectivity index (χ0) is 14.4. The van der Waals surface area contributed by atoms with Crippen LogP contribution in [-0.4, -0.2) is 22.6 Å². The Morgan fingerprint density at radius 3 is 2.89 bits per heavy atom. The molecule has 3 N–H and O–H groups in total. The number of nitrogens with two attached hydrogens (primary N) is 1. The van der Waals surface area contributed by atoms with Crippen molar-refractivity contribution in [3.8, 4) is 5.75 Å². The van der Waals surface area contributed by atoms with E-state index >= 15 is 0 Å². The summed E-state index contributed by atoms with van der Waals surface area (Å²) in [7, 11) is 0. The van der Waals surface area contributed by atoms with Gasteiger partial charge in [-0.05, 0) is 25.0 Å². The quantitative estimate of drug-likeness (QED) is 0.208. The van der Waals surface area contributed by atoms with Crippen LogP contribution < -0.4 is 10.5 Å². The second kappa shape index (κ2) is 6.93. The fraction of sp³-hybridized carbons (Fsp3) is 0.364. The minimum Gasteiger partial charge on any atom is -0.487 e. The summed E-state index contributed by atoms with van der Waals surface area (Å²) >= 11 is 3.21. The maximum atomic E-state index is 10.9.